The molecular formula is C35H40O6. The number of hydrogen-bond acceptors (Lipinski definition) is 6. The summed E-state index contributed by atoms with van der Waals surface area (Å²) in [5, 5.41) is 14.1. The molecule has 7 rings (SSSR count). The molecule has 6 nitrogen and oxygen atoms in total. The summed E-state index contributed by atoms with van der Waals surface area (Å²) in [6, 6.07) is 14.0. The maximum atomic E-state index is 14.4. The third kappa shape index (κ3) is 3.87. The minimum Gasteiger partial charge on any atom is -0.486 e. The van der Waals surface area contributed by atoms with Gasteiger partial charge in [0.25, 0.3) is 0 Å². The van der Waals surface area contributed by atoms with E-state index in [1.54, 1.807) is 12.2 Å². The van der Waals surface area contributed by atoms with E-state index in [1.807, 2.05) is 42.5 Å². The smallest absolute Gasteiger partial charge is 0.205 e. The van der Waals surface area contributed by atoms with Crippen LogP contribution in [0, 0.1) is 28.6 Å². The summed E-state index contributed by atoms with van der Waals surface area (Å²) in [5.41, 5.74) is -1.01. The second-order valence-corrected chi connectivity index (χ2v) is 13.4. The monoisotopic (exact) mass is 556 g/mol. The van der Waals surface area contributed by atoms with Gasteiger partial charge in [0.2, 0.25) is 5.78 Å². The summed E-state index contributed by atoms with van der Waals surface area (Å²) in [6.45, 7) is 6.30. The highest BCUT2D eigenvalue weighted by atomic mass is 16.7. The van der Waals surface area contributed by atoms with E-state index in [1.165, 1.54) is 0 Å². The highest BCUT2D eigenvalue weighted by Gasteiger charge is 2.75. The molecule has 4 aliphatic carbocycles. The number of benzene rings is 2. The molecule has 3 saturated carbocycles. The molecule has 5 aliphatic rings. The number of ketones is 2. The predicted molar refractivity (Wildman–Crippen MR) is 155 cm³/mol. The van der Waals surface area contributed by atoms with Crippen LogP contribution in [0.4, 0.5) is 0 Å². The van der Waals surface area contributed by atoms with Crippen molar-refractivity contribution in [1.29, 1.82) is 0 Å². The second kappa shape index (κ2) is 9.62. The summed E-state index contributed by atoms with van der Waals surface area (Å²) >= 11 is 0. The SMILES string of the molecule is CCC[C@H]1O[C@@H]2CC3C4CCC5=CC(=O)C=CC5(C)C4[C@@H](O)CC3(C)[C@]2(C(=O)COc2ccc3ccccc3c2)O1. The topological polar surface area (TPSA) is 82.1 Å². The Morgan fingerprint density at radius 1 is 1.15 bits per heavy atom. The van der Waals surface area contributed by atoms with Crippen molar-refractivity contribution in [2.75, 3.05) is 6.61 Å². The molecule has 4 fully saturated rings. The second-order valence-electron chi connectivity index (χ2n) is 13.4. The maximum absolute atomic E-state index is 14.4. The number of aliphatic hydroxyl groups is 1. The third-order valence-electron chi connectivity index (χ3n) is 11.3. The third-order valence-corrected chi connectivity index (χ3v) is 11.3. The van der Waals surface area contributed by atoms with Gasteiger partial charge in [-0.2, -0.15) is 0 Å². The summed E-state index contributed by atoms with van der Waals surface area (Å²) in [7, 11) is 0. The molecule has 2 aromatic rings. The number of allylic oxidation sites excluding steroid dienone is 4. The lowest BCUT2D eigenvalue weighted by Gasteiger charge is -2.59. The summed E-state index contributed by atoms with van der Waals surface area (Å²) in [4.78, 5) is 26.6. The van der Waals surface area contributed by atoms with Gasteiger partial charge in [-0.3, -0.25) is 9.59 Å². The first kappa shape index (κ1) is 27.1. The first-order chi connectivity index (χ1) is 19.7. The van der Waals surface area contributed by atoms with Crippen molar-refractivity contribution in [2.45, 2.75) is 83.4 Å². The molecule has 0 amide bonds. The zero-order chi connectivity index (χ0) is 28.6. The first-order valence-corrected chi connectivity index (χ1v) is 15.3. The van der Waals surface area contributed by atoms with Gasteiger partial charge in [0.05, 0.1) is 12.2 Å². The lowest BCUT2D eigenvalue weighted by Crippen LogP contribution is -2.63. The Kier molecular flexibility index (Phi) is 6.35. The Morgan fingerprint density at radius 2 is 1.95 bits per heavy atom. The van der Waals surface area contributed by atoms with Gasteiger partial charge in [-0.05, 0) is 79.0 Å². The fraction of sp³-hybridized carbons (Fsp3) is 0.543. The van der Waals surface area contributed by atoms with Crippen molar-refractivity contribution in [1.82, 2.24) is 0 Å². The van der Waals surface area contributed by atoms with Crippen molar-refractivity contribution < 1.29 is 28.9 Å². The normalized spacial score (nSPS) is 40.9. The average Bonchev–Trinajstić information content (AvgIpc) is 3.44. The van der Waals surface area contributed by atoms with Crippen molar-refractivity contribution in [3.8, 4) is 5.75 Å². The van der Waals surface area contributed by atoms with Crippen LogP contribution in [0.1, 0.15) is 59.3 Å². The zero-order valence-corrected chi connectivity index (χ0v) is 24.2. The Morgan fingerprint density at radius 3 is 2.76 bits per heavy atom. The van der Waals surface area contributed by atoms with Gasteiger partial charge in [-0.1, -0.05) is 69.2 Å². The molecule has 1 heterocycles. The van der Waals surface area contributed by atoms with Gasteiger partial charge in [0.1, 0.15) is 12.4 Å². The lowest BCUT2D eigenvalue weighted by atomic mass is 9.46. The van der Waals surface area contributed by atoms with Gasteiger partial charge in [0, 0.05) is 16.7 Å². The van der Waals surface area contributed by atoms with Crippen LogP contribution in [0.15, 0.2) is 66.3 Å². The van der Waals surface area contributed by atoms with E-state index in [0.29, 0.717) is 12.2 Å². The van der Waals surface area contributed by atoms with E-state index in [0.717, 1.165) is 48.4 Å². The number of carbonyl (C=O) groups excluding carboxylic acids is 2. The van der Waals surface area contributed by atoms with E-state index in [9.17, 15) is 14.7 Å². The number of fused-ring (bicyclic) bond motifs is 8. The lowest BCUT2D eigenvalue weighted by molar-refractivity contribution is -0.200. The molecule has 1 N–H and O–H groups in total. The highest BCUT2D eigenvalue weighted by molar-refractivity contribution is 6.01. The van der Waals surface area contributed by atoms with Crippen LogP contribution in [0.25, 0.3) is 10.8 Å². The van der Waals surface area contributed by atoms with E-state index in [-0.39, 0.29) is 47.4 Å². The van der Waals surface area contributed by atoms with Crippen LogP contribution < -0.4 is 4.74 Å². The molecule has 1 saturated heterocycles. The standard InChI is InChI=1S/C35H40O6/c1-4-7-31-40-30-18-27-26-13-11-23-17-24(36)14-15-33(23,2)32(26)28(37)19-34(27,3)35(30,41-31)29(38)20-39-25-12-10-21-8-5-6-9-22(21)16-25/h5-6,8-10,12,14-17,26-28,30-32,37H,4,7,11,13,18-20H2,1-3H3/t26?,27?,28-,30+,31-,32?,33?,34?,35+/m0/s1. The Labute approximate surface area is 241 Å². The summed E-state index contributed by atoms with van der Waals surface area (Å²) in [5.74, 6) is 0.901. The molecule has 9 atom stereocenters. The van der Waals surface area contributed by atoms with Crippen molar-refractivity contribution in [3.63, 3.8) is 0 Å². The molecule has 5 unspecified atom stereocenters. The van der Waals surface area contributed by atoms with E-state index >= 15 is 0 Å². The zero-order valence-electron chi connectivity index (χ0n) is 24.2. The first-order valence-electron chi connectivity index (χ1n) is 15.3. The van der Waals surface area contributed by atoms with Crippen LogP contribution in [-0.2, 0) is 19.1 Å². The van der Waals surface area contributed by atoms with Gasteiger partial charge in [-0.25, -0.2) is 0 Å². The fourth-order valence-corrected chi connectivity index (χ4v) is 9.52. The largest absolute Gasteiger partial charge is 0.486 e. The molecule has 6 heteroatoms. The van der Waals surface area contributed by atoms with E-state index in [2.05, 4.69) is 26.8 Å². The quantitative estimate of drug-likeness (QED) is 0.473. The Balaban J connectivity index is 1.21. The van der Waals surface area contributed by atoms with Crippen molar-refractivity contribution in [3.05, 3.63) is 66.3 Å². The van der Waals surface area contributed by atoms with Crippen LogP contribution in [0.5, 0.6) is 5.75 Å². The Hall–Kier alpha value is -2.80. The minimum atomic E-state index is -1.17. The molecule has 0 aromatic heterocycles. The van der Waals surface area contributed by atoms with Gasteiger partial charge in [0.15, 0.2) is 17.7 Å². The van der Waals surface area contributed by atoms with Gasteiger partial charge >= 0.3 is 0 Å². The number of Topliss-reactive ketones (excluding diaryl/α,β-unsaturated/α-hetero) is 1. The molecule has 0 radical (unpaired) electrons. The molecule has 1 aliphatic heterocycles. The maximum Gasteiger partial charge on any atom is 0.205 e. The van der Waals surface area contributed by atoms with Crippen LogP contribution in [-0.4, -0.2) is 47.4 Å². The molecular weight excluding hydrogens is 516 g/mol. The van der Waals surface area contributed by atoms with E-state index < -0.39 is 23.4 Å². The average molecular weight is 557 g/mol. The molecule has 41 heavy (non-hydrogen) atoms. The van der Waals surface area contributed by atoms with Crippen LogP contribution in [0.3, 0.4) is 0 Å². The number of rotatable bonds is 6. The predicted octanol–water partition coefficient (Wildman–Crippen LogP) is 5.96. The van der Waals surface area contributed by atoms with E-state index in [4.69, 9.17) is 14.2 Å². The number of aliphatic hydroxyl groups excluding tert-OH is 1. The van der Waals surface area contributed by atoms with Gasteiger partial charge in [-0.15, -0.1) is 0 Å². The summed E-state index contributed by atoms with van der Waals surface area (Å²) in [6.07, 6.45) is 8.50. The van der Waals surface area contributed by atoms with Gasteiger partial charge < -0.3 is 19.3 Å². The summed E-state index contributed by atoms with van der Waals surface area (Å²) < 4.78 is 19.4. The molecule has 216 valence electrons. The molecule has 2 aromatic carbocycles. The van der Waals surface area contributed by atoms with Crippen molar-refractivity contribution in [2.24, 2.45) is 28.6 Å². The number of carbonyl (C=O) groups is 2. The minimum absolute atomic E-state index is 0.0174. The highest BCUT2D eigenvalue weighted by Crippen LogP contribution is 2.69. The number of ether oxygens (including phenoxy) is 3. The fourth-order valence-electron chi connectivity index (χ4n) is 9.52. The number of hydrogen-bond donors (Lipinski definition) is 1. The van der Waals surface area contributed by atoms with Crippen LogP contribution >= 0.6 is 0 Å². The molecule has 0 spiro atoms. The Bertz CT molecular complexity index is 1460. The molecule has 0 bridgehead atoms. The van der Waals surface area contributed by atoms with Crippen LogP contribution in [0.2, 0.25) is 0 Å². The van der Waals surface area contributed by atoms with Crippen molar-refractivity contribution >= 4 is 22.3 Å².